The Labute approximate surface area is 153 Å². The summed E-state index contributed by atoms with van der Waals surface area (Å²) in [5, 5.41) is 12.5. The number of aromatic nitrogens is 1. The number of carbonyl (C=O) groups excluding carboxylic acids is 1. The van der Waals surface area contributed by atoms with Crippen molar-refractivity contribution in [3.63, 3.8) is 0 Å². The van der Waals surface area contributed by atoms with E-state index in [2.05, 4.69) is 10.6 Å². The highest BCUT2D eigenvalue weighted by Crippen LogP contribution is 2.32. The number of ether oxygens (including phenoxy) is 1. The molecule has 25 heavy (non-hydrogen) atoms. The van der Waals surface area contributed by atoms with E-state index in [9.17, 15) is 9.90 Å². The summed E-state index contributed by atoms with van der Waals surface area (Å²) in [4.78, 5) is 13.8. The number of rotatable bonds is 1. The summed E-state index contributed by atoms with van der Waals surface area (Å²) in [5.41, 5.74) is 1.59. The standard InChI is InChI=1S/C19H25ClN2O3/c1-12-9-13-10-14(20)5-6-15(13)22(12)16-7-8-21(11-17(16)23)18(24)25-19(2,3)4/h5-6,9-10,16-17,23H,7-8,11H2,1-4H3. The Hall–Kier alpha value is -1.72. The molecule has 6 heteroatoms. The molecule has 1 aromatic carbocycles. The quantitative estimate of drug-likeness (QED) is 0.827. The lowest BCUT2D eigenvalue weighted by molar-refractivity contribution is -0.00956. The summed E-state index contributed by atoms with van der Waals surface area (Å²) in [6.07, 6.45) is -0.342. The minimum absolute atomic E-state index is 0.0719. The molecule has 2 unspecified atom stereocenters. The number of amides is 1. The van der Waals surface area contributed by atoms with Crippen molar-refractivity contribution in [3.8, 4) is 0 Å². The Morgan fingerprint density at radius 3 is 2.68 bits per heavy atom. The first-order chi connectivity index (χ1) is 11.7. The third-order valence-corrected chi connectivity index (χ3v) is 4.76. The maximum Gasteiger partial charge on any atom is 0.410 e. The van der Waals surface area contributed by atoms with Crippen molar-refractivity contribution in [1.29, 1.82) is 0 Å². The second-order valence-electron chi connectivity index (χ2n) is 7.71. The van der Waals surface area contributed by atoms with E-state index in [1.807, 2.05) is 45.9 Å². The van der Waals surface area contributed by atoms with E-state index >= 15 is 0 Å². The molecule has 5 nitrogen and oxygen atoms in total. The van der Waals surface area contributed by atoms with Crippen molar-refractivity contribution in [1.82, 2.24) is 9.47 Å². The van der Waals surface area contributed by atoms with Crippen LogP contribution in [0.1, 0.15) is 38.9 Å². The van der Waals surface area contributed by atoms with Gasteiger partial charge in [0.15, 0.2) is 0 Å². The third kappa shape index (κ3) is 3.77. The van der Waals surface area contributed by atoms with Gasteiger partial charge in [-0.25, -0.2) is 4.79 Å². The number of carbonyl (C=O) groups is 1. The molecule has 0 saturated carbocycles. The number of likely N-dealkylation sites (tertiary alicyclic amines) is 1. The minimum atomic E-state index is -0.647. The predicted octanol–water partition coefficient (Wildman–Crippen LogP) is 4.15. The van der Waals surface area contributed by atoms with Gasteiger partial charge in [0.2, 0.25) is 0 Å². The van der Waals surface area contributed by atoms with E-state index in [0.717, 1.165) is 16.6 Å². The van der Waals surface area contributed by atoms with Gasteiger partial charge in [-0.05, 0) is 58.4 Å². The van der Waals surface area contributed by atoms with E-state index in [0.29, 0.717) is 18.0 Å². The molecule has 2 atom stereocenters. The van der Waals surface area contributed by atoms with Crippen LogP contribution in [0.3, 0.4) is 0 Å². The smallest absolute Gasteiger partial charge is 0.410 e. The molecule has 2 aromatic rings. The third-order valence-electron chi connectivity index (χ3n) is 4.52. The van der Waals surface area contributed by atoms with E-state index in [-0.39, 0.29) is 18.7 Å². The van der Waals surface area contributed by atoms with Crippen LogP contribution >= 0.6 is 11.6 Å². The van der Waals surface area contributed by atoms with Gasteiger partial charge in [0.05, 0.1) is 18.7 Å². The van der Waals surface area contributed by atoms with Crippen LogP contribution in [0.15, 0.2) is 24.3 Å². The number of nitrogens with zero attached hydrogens (tertiary/aromatic N) is 2. The molecule has 1 fully saturated rings. The van der Waals surface area contributed by atoms with Crippen LogP contribution < -0.4 is 0 Å². The average molecular weight is 365 g/mol. The fourth-order valence-corrected chi connectivity index (χ4v) is 3.68. The first-order valence-electron chi connectivity index (χ1n) is 8.59. The maximum absolute atomic E-state index is 12.2. The first kappa shape index (κ1) is 18.1. The topological polar surface area (TPSA) is 54.7 Å². The monoisotopic (exact) mass is 364 g/mol. The van der Waals surface area contributed by atoms with Crippen LogP contribution in [0.25, 0.3) is 10.9 Å². The second kappa shape index (κ2) is 6.54. The van der Waals surface area contributed by atoms with Gasteiger partial charge in [-0.1, -0.05) is 11.6 Å². The summed E-state index contributed by atoms with van der Waals surface area (Å²) in [7, 11) is 0. The molecule has 0 bridgehead atoms. The van der Waals surface area contributed by atoms with Gasteiger partial charge in [-0.3, -0.25) is 0 Å². The van der Waals surface area contributed by atoms with Crippen LogP contribution in [0.5, 0.6) is 0 Å². The minimum Gasteiger partial charge on any atom is -0.444 e. The molecule has 1 aromatic heterocycles. The van der Waals surface area contributed by atoms with Gasteiger partial charge in [0.1, 0.15) is 5.60 Å². The largest absolute Gasteiger partial charge is 0.444 e. The van der Waals surface area contributed by atoms with E-state index in [1.54, 1.807) is 4.90 Å². The van der Waals surface area contributed by atoms with Gasteiger partial charge >= 0.3 is 6.09 Å². The van der Waals surface area contributed by atoms with Gasteiger partial charge in [-0.15, -0.1) is 0 Å². The Morgan fingerprint density at radius 1 is 1.32 bits per heavy atom. The Kier molecular flexibility index (Phi) is 4.73. The van der Waals surface area contributed by atoms with Crippen molar-refractivity contribution >= 4 is 28.6 Å². The number of piperidine rings is 1. The van der Waals surface area contributed by atoms with Crippen LogP contribution in [0.4, 0.5) is 4.79 Å². The molecular formula is C19H25ClN2O3. The fourth-order valence-electron chi connectivity index (χ4n) is 3.50. The summed E-state index contributed by atoms with van der Waals surface area (Å²) >= 11 is 6.08. The summed E-state index contributed by atoms with van der Waals surface area (Å²) in [6.45, 7) is 8.38. The SMILES string of the molecule is Cc1cc2cc(Cl)ccc2n1C1CCN(C(=O)OC(C)(C)C)CC1O. The zero-order valence-corrected chi connectivity index (χ0v) is 15.9. The zero-order valence-electron chi connectivity index (χ0n) is 15.1. The molecule has 1 aliphatic heterocycles. The lowest BCUT2D eigenvalue weighted by atomic mass is 10.0. The van der Waals surface area contributed by atoms with Crippen LogP contribution in [0.2, 0.25) is 5.02 Å². The fraction of sp³-hybridized carbons (Fsp3) is 0.526. The van der Waals surface area contributed by atoms with Crippen molar-refractivity contribution < 1.29 is 14.6 Å². The first-order valence-corrected chi connectivity index (χ1v) is 8.96. The molecule has 136 valence electrons. The summed E-state index contributed by atoms with van der Waals surface area (Å²) in [6, 6.07) is 7.79. The van der Waals surface area contributed by atoms with Crippen molar-refractivity contribution in [2.75, 3.05) is 13.1 Å². The maximum atomic E-state index is 12.2. The molecule has 1 aliphatic rings. The number of hydrogen-bond acceptors (Lipinski definition) is 3. The van der Waals surface area contributed by atoms with Gasteiger partial charge in [0.25, 0.3) is 0 Å². The number of β-amino-alcohol motifs (C(OH)–C–C–N with tert-alkyl or cyclic N) is 1. The predicted molar refractivity (Wildman–Crippen MR) is 99.2 cm³/mol. The molecule has 2 heterocycles. The molecule has 0 radical (unpaired) electrons. The number of aliphatic hydroxyl groups excluding tert-OH is 1. The molecule has 3 rings (SSSR count). The van der Waals surface area contributed by atoms with Crippen molar-refractivity contribution in [3.05, 3.63) is 35.0 Å². The van der Waals surface area contributed by atoms with Crippen molar-refractivity contribution in [2.24, 2.45) is 0 Å². The van der Waals surface area contributed by atoms with Gasteiger partial charge in [-0.2, -0.15) is 0 Å². The highest BCUT2D eigenvalue weighted by atomic mass is 35.5. The van der Waals surface area contributed by atoms with E-state index in [1.165, 1.54) is 0 Å². The van der Waals surface area contributed by atoms with Crippen molar-refractivity contribution in [2.45, 2.75) is 51.9 Å². The molecule has 1 N–H and O–H groups in total. The number of halogens is 1. The van der Waals surface area contributed by atoms with E-state index < -0.39 is 11.7 Å². The second-order valence-corrected chi connectivity index (χ2v) is 8.15. The van der Waals surface area contributed by atoms with Crippen LogP contribution in [0, 0.1) is 6.92 Å². The van der Waals surface area contributed by atoms with E-state index in [4.69, 9.17) is 16.3 Å². The highest BCUT2D eigenvalue weighted by molar-refractivity contribution is 6.31. The zero-order chi connectivity index (χ0) is 18.4. The molecular weight excluding hydrogens is 340 g/mol. The molecule has 0 spiro atoms. The number of hydrogen-bond donors (Lipinski definition) is 1. The number of fused-ring (bicyclic) bond motifs is 1. The van der Waals surface area contributed by atoms with Gasteiger partial charge < -0.3 is 19.3 Å². The normalized spacial score (nSPS) is 21.6. The lowest BCUT2D eigenvalue weighted by Crippen LogP contribution is -2.48. The summed E-state index contributed by atoms with van der Waals surface area (Å²) in [5.74, 6) is 0. The van der Waals surface area contributed by atoms with Crippen LogP contribution in [-0.4, -0.2) is 45.5 Å². The number of benzene rings is 1. The molecule has 1 saturated heterocycles. The van der Waals surface area contributed by atoms with Gasteiger partial charge in [0, 0.05) is 28.2 Å². The highest BCUT2D eigenvalue weighted by Gasteiger charge is 2.34. The van der Waals surface area contributed by atoms with Crippen LogP contribution in [-0.2, 0) is 4.74 Å². The Bertz CT molecular complexity index is 794. The molecule has 0 aliphatic carbocycles. The average Bonchev–Trinajstić information content (AvgIpc) is 2.80. The molecule has 1 amide bonds. The summed E-state index contributed by atoms with van der Waals surface area (Å²) < 4.78 is 7.57. The Balaban J connectivity index is 1.81. The lowest BCUT2D eigenvalue weighted by Gasteiger charge is -2.38. The Morgan fingerprint density at radius 2 is 2.04 bits per heavy atom. The number of aliphatic hydroxyl groups is 1. The number of aryl methyl sites for hydroxylation is 1.